The van der Waals surface area contributed by atoms with Crippen molar-refractivity contribution in [3.63, 3.8) is 0 Å². The molecule has 0 saturated heterocycles. The van der Waals surface area contributed by atoms with E-state index in [4.69, 9.17) is 16.0 Å². The molecule has 0 aliphatic rings. The summed E-state index contributed by atoms with van der Waals surface area (Å²) < 4.78 is 5.49. The Bertz CT molecular complexity index is 761. The normalized spacial score (nSPS) is 10.6. The van der Waals surface area contributed by atoms with Gasteiger partial charge in [-0.3, -0.25) is 4.79 Å². The van der Waals surface area contributed by atoms with Gasteiger partial charge in [-0.25, -0.2) is 5.10 Å². The number of aromatic amines is 1. The van der Waals surface area contributed by atoms with Crippen LogP contribution in [0.4, 0.5) is 0 Å². The lowest BCUT2D eigenvalue weighted by Gasteiger charge is -1.95. The van der Waals surface area contributed by atoms with Crippen LogP contribution < -0.4 is 5.56 Å². The summed E-state index contributed by atoms with van der Waals surface area (Å²) in [4.78, 5) is 10.9. The number of hydrogen-bond acceptors (Lipinski definition) is 5. The fourth-order valence-electron chi connectivity index (χ4n) is 1.53. The number of benzene rings is 1. The highest BCUT2D eigenvalue weighted by molar-refractivity contribution is 6.30. The molecule has 0 unspecified atom stereocenters. The van der Waals surface area contributed by atoms with Crippen molar-refractivity contribution >= 4 is 11.6 Å². The minimum absolute atomic E-state index is 0.228. The van der Waals surface area contributed by atoms with Crippen LogP contribution in [-0.4, -0.2) is 20.4 Å². The van der Waals surface area contributed by atoms with Crippen LogP contribution in [0.5, 0.6) is 0 Å². The van der Waals surface area contributed by atoms with Gasteiger partial charge in [-0.15, -0.1) is 10.2 Å². The van der Waals surface area contributed by atoms with Crippen molar-refractivity contribution in [2.45, 2.75) is 0 Å². The maximum atomic E-state index is 10.9. The van der Waals surface area contributed by atoms with Crippen molar-refractivity contribution in [2.75, 3.05) is 0 Å². The summed E-state index contributed by atoms with van der Waals surface area (Å²) in [6.07, 6.45) is 0. The molecule has 6 nitrogen and oxygen atoms in total. The topological polar surface area (TPSA) is 84.7 Å². The Morgan fingerprint density at radius 1 is 1.11 bits per heavy atom. The van der Waals surface area contributed by atoms with E-state index < -0.39 is 0 Å². The van der Waals surface area contributed by atoms with Crippen molar-refractivity contribution in [2.24, 2.45) is 0 Å². The average molecular weight is 275 g/mol. The second-order valence-electron chi connectivity index (χ2n) is 3.73. The van der Waals surface area contributed by atoms with Crippen LogP contribution in [0.25, 0.3) is 23.0 Å². The summed E-state index contributed by atoms with van der Waals surface area (Å²) in [6.45, 7) is 0. The van der Waals surface area contributed by atoms with Crippen molar-refractivity contribution in [1.29, 1.82) is 0 Å². The lowest BCUT2D eigenvalue weighted by Crippen LogP contribution is -2.05. The molecule has 1 aromatic carbocycles. The molecule has 0 spiro atoms. The lowest BCUT2D eigenvalue weighted by molar-refractivity contribution is 0.580. The molecule has 94 valence electrons. The van der Waals surface area contributed by atoms with Crippen molar-refractivity contribution in [3.05, 3.63) is 51.8 Å². The van der Waals surface area contributed by atoms with E-state index in [1.165, 1.54) is 12.1 Å². The molecule has 2 aromatic heterocycles. The van der Waals surface area contributed by atoms with Gasteiger partial charge in [0, 0.05) is 16.7 Å². The minimum atomic E-state index is -0.293. The zero-order chi connectivity index (χ0) is 13.2. The van der Waals surface area contributed by atoms with Crippen molar-refractivity contribution in [3.8, 4) is 23.0 Å². The quantitative estimate of drug-likeness (QED) is 0.774. The Morgan fingerprint density at radius 2 is 1.95 bits per heavy atom. The molecule has 3 aromatic rings. The van der Waals surface area contributed by atoms with E-state index in [0.29, 0.717) is 16.6 Å². The molecule has 0 fully saturated rings. The maximum absolute atomic E-state index is 10.9. The molecule has 0 bridgehead atoms. The van der Waals surface area contributed by atoms with Gasteiger partial charge in [-0.05, 0) is 24.3 Å². The number of hydrogen-bond donors (Lipinski definition) is 1. The van der Waals surface area contributed by atoms with Crippen LogP contribution >= 0.6 is 11.6 Å². The van der Waals surface area contributed by atoms with Crippen LogP contribution in [0.3, 0.4) is 0 Å². The first-order chi connectivity index (χ1) is 9.22. The highest BCUT2D eigenvalue weighted by atomic mass is 35.5. The molecule has 0 saturated carbocycles. The second kappa shape index (κ2) is 4.66. The summed E-state index contributed by atoms with van der Waals surface area (Å²) in [6, 6.07) is 9.92. The number of aromatic nitrogens is 4. The molecule has 0 aliphatic heterocycles. The molecule has 1 N–H and O–H groups in total. The lowest BCUT2D eigenvalue weighted by atomic mass is 10.2. The van der Waals surface area contributed by atoms with Crippen LogP contribution in [0.1, 0.15) is 0 Å². The molecule has 0 atom stereocenters. The average Bonchev–Trinajstić information content (AvgIpc) is 2.89. The first-order valence-corrected chi connectivity index (χ1v) is 5.76. The van der Waals surface area contributed by atoms with Gasteiger partial charge in [0.2, 0.25) is 5.89 Å². The second-order valence-corrected chi connectivity index (χ2v) is 4.17. The number of H-pyrrole nitrogens is 1. The fourth-order valence-corrected chi connectivity index (χ4v) is 1.72. The highest BCUT2D eigenvalue weighted by Gasteiger charge is 2.11. The zero-order valence-electron chi connectivity index (χ0n) is 9.50. The Labute approximate surface area is 112 Å². The Morgan fingerprint density at radius 3 is 2.68 bits per heavy atom. The van der Waals surface area contributed by atoms with E-state index in [0.717, 1.165) is 5.56 Å². The van der Waals surface area contributed by atoms with Gasteiger partial charge < -0.3 is 4.42 Å². The SMILES string of the molecule is O=c1ccc(-c2nnc(-c3cccc(Cl)c3)o2)n[nH]1. The molecule has 2 heterocycles. The van der Waals surface area contributed by atoms with Gasteiger partial charge in [0.15, 0.2) is 0 Å². The Hall–Kier alpha value is -2.47. The van der Waals surface area contributed by atoms with Gasteiger partial charge in [0.25, 0.3) is 11.4 Å². The molecule has 0 radical (unpaired) electrons. The number of nitrogens with zero attached hydrogens (tertiary/aromatic N) is 3. The van der Waals surface area contributed by atoms with Gasteiger partial charge in [0.05, 0.1) is 0 Å². The highest BCUT2D eigenvalue weighted by Crippen LogP contribution is 2.24. The van der Waals surface area contributed by atoms with Crippen LogP contribution in [0.2, 0.25) is 5.02 Å². The molecule has 0 amide bonds. The maximum Gasteiger partial charge on any atom is 0.268 e. The first-order valence-electron chi connectivity index (χ1n) is 5.38. The third-order valence-corrected chi connectivity index (χ3v) is 2.63. The van der Waals surface area contributed by atoms with E-state index in [2.05, 4.69) is 20.4 Å². The van der Waals surface area contributed by atoms with Crippen LogP contribution in [-0.2, 0) is 0 Å². The van der Waals surface area contributed by atoms with Crippen LogP contribution in [0.15, 0.2) is 45.6 Å². The van der Waals surface area contributed by atoms with Gasteiger partial charge in [0.1, 0.15) is 5.69 Å². The van der Waals surface area contributed by atoms with E-state index in [1.54, 1.807) is 18.2 Å². The molecular weight excluding hydrogens is 268 g/mol. The smallest absolute Gasteiger partial charge is 0.268 e. The molecule has 3 rings (SSSR count). The van der Waals surface area contributed by atoms with E-state index in [-0.39, 0.29) is 11.4 Å². The summed E-state index contributed by atoms with van der Waals surface area (Å²) in [5.74, 6) is 0.566. The fraction of sp³-hybridized carbons (Fsp3) is 0. The minimum Gasteiger partial charge on any atom is -0.415 e. The molecular formula is C12H7ClN4O2. The molecule has 19 heavy (non-hydrogen) atoms. The van der Waals surface area contributed by atoms with E-state index in [1.807, 2.05) is 6.07 Å². The first kappa shape index (κ1) is 11.6. The Balaban J connectivity index is 1.99. The summed E-state index contributed by atoms with van der Waals surface area (Å²) in [5, 5.41) is 14.5. The monoisotopic (exact) mass is 274 g/mol. The standard InChI is InChI=1S/C12H7ClN4O2/c13-8-3-1-2-7(6-8)11-16-17-12(19-11)9-4-5-10(18)15-14-9/h1-6H,(H,15,18). The number of nitrogens with one attached hydrogen (secondary N) is 1. The third-order valence-electron chi connectivity index (χ3n) is 2.39. The predicted octanol–water partition coefficient (Wildman–Crippen LogP) is 2.14. The van der Waals surface area contributed by atoms with Crippen molar-refractivity contribution in [1.82, 2.24) is 20.4 Å². The molecule has 0 aliphatic carbocycles. The predicted molar refractivity (Wildman–Crippen MR) is 68.6 cm³/mol. The van der Waals surface area contributed by atoms with E-state index >= 15 is 0 Å². The zero-order valence-corrected chi connectivity index (χ0v) is 10.3. The number of rotatable bonds is 2. The summed E-state index contributed by atoms with van der Waals surface area (Å²) >= 11 is 5.89. The van der Waals surface area contributed by atoms with Gasteiger partial charge in [-0.1, -0.05) is 17.7 Å². The van der Waals surface area contributed by atoms with Crippen molar-refractivity contribution < 1.29 is 4.42 Å². The summed E-state index contributed by atoms with van der Waals surface area (Å²) in [7, 11) is 0. The summed E-state index contributed by atoms with van der Waals surface area (Å²) in [5.41, 5.74) is 0.828. The van der Waals surface area contributed by atoms with Gasteiger partial charge >= 0.3 is 0 Å². The van der Waals surface area contributed by atoms with Crippen LogP contribution in [0, 0.1) is 0 Å². The Kier molecular flexibility index (Phi) is 2.85. The van der Waals surface area contributed by atoms with Gasteiger partial charge in [-0.2, -0.15) is 5.10 Å². The largest absolute Gasteiger partial charge is 0.415 e. The number of halogens is 1. The van der Waals surface area contributed by atoms with E-state index in [9.17, 15) is 4.79 Å². The third kappa shape index (κ3) is 2.38. The molecule has 7 heteroatoms.